The van der Waals surface area contributed by atoms with Crippen LogP contribution >= 0.6 is 11.8 Å². The maximum Gasteiger partial charge on any atom is 0.204 e. The summed E-state index contributed by atoms with van der Waals surface area (Å²) in [4.78, 5) is 15.7. The van der Waals surface area contributed by atoms with Crippen molar-refractivity contribution < 1.29 is 23.7 Å². The minimum Gasteiger partial charge on any atom is -0.497 e. The molecule has 0 saturated heterocycles. The van der Waals surface area contributed by atoms with Crippen molar-refractivity contribution in [3.63, 3.8) is 0 Å². The van der Waals surface area contributed by atoms with Crippen LogP contribution in [0.2, 0.25) is 0 Å². The molecular weight excluding hydrogens is 402 g/mol. The number of carbonyl (C=O) groups excluding carboxylic acids is 1. The molecule has 30 heavy (non-hydrogen) atoms. The summed E-state index contributed by atoms with van der Waals surface area (Å²) in [6.45, 7) is 0.761. The highest BCUT2D eigenvalue weighted by atomic mass is 32.2. The predicted octanol–water partition coefficient (Wildman–Crippen LogP) is 4.57. The van der Waals surface area contributed by atoms with E-state index in [2.05, 4.69) is 10.3 Å². The van der Waals surface area contributed by atoms with Gasteiger partial charge in [-0.3, -0.25) is 4.79 Å². The van der Waals surface area contributed by atoms with Gasteiger partial charge in [0.15, 0.2) is 17.3 Å². The van der Waals surface area contributed by atoms with Crippen LogP contribution < -0.4 is 18.9 Å². The molecule has 2 heterocycles. The second kappa shape index (κ2) is 8.36. The highest BCUT2D eigenvalue weighted by molar-refractivity contribution is 8.06. The number of Topliss-reactive ketones (excluding diaryl/α,β-unsaturated/α-hetero) is 1. The standard InChI is InChI=1S/C23H23NO5S/c1-26-15-7-5-14(6-8-15)18-13-30-23-17(11-12-24(18)23)20(25)16-9-10-19(27-2)22(29-4)21(16)28-3/h5-10,13H,11-12H2,1-4H3. The number of ketones is 1. The fourth-order valence-electron chi connectivity index (χ4n) is 3.77. The SMILES string of the molecule is COc1ccc(C2=CSC3=C(C(=O)c4ccc(OC)c(OC)c4OC)CCN23)cc1. The molecule has 0 fully saturated rings. The van der Waals surface area contributed by atoms with Gasteiger partial charge in [-0.25, -0.2) is 0 Å². The Morgan fingerprint density at radius 3 is 2.27 bits per heavy atom. The van der Waals surface area contributed by atoms with Crippen LogP contribution in [0.1, 0.15) is 22.3 Å². The van der Waals surface area contributed by atoms with Crippen molar-refractivity contribution in [3.05, 3.63) is 63.5 Å². The van der Waals surface area contributed by atoms with Gasteiger partial charge < -0.3 is 23.8 Å². The minimum atomic E-state index is -0.0535. The molecule has 0 spiro atoms. The number of ether oxygens (including phenoxy) is 4. The van der Waals surface area contributed by atoms with E-state index in [9.17, 15) is 4.79 Å². The number of carbonyl (C=O) groups is 1. The lowest BCUT2D eigenvalue weighted by Gasteiger charge is -2.18. The van der Waals surface area contributed by atoms with Gasteiger partial charge in [-0.2, -0.15) is 0 Å². The molecule has 7 heteroatoms. The van der Waals surface area contributed by atoms with Crippen molar-refractivity contribution in [2.24, 2.45) is 0 Å². The summed E-state index contributed by atoms with van der Waals surface area (Å²) in [5.41, 5.74) is 3.44. The number of nitrogens with zero attached hydrogens (tertiary/aromatic N) is 1. The van der Waals surface area contributed by atoms with Gasteiger partial charge in [-0.15, -0.1) is 0 Å². The summed E-state index contributed by atoms with van der Waals surface area (Å²) < 4.78 is 21.5. The molecule has 2 aliphatic heterocycles. The molecule has 2 aromatic carbocycles. The van der Waals surface area contributed by atoms with Crippen LogP contribution in [0.5, 0.6) is 23.0 Å². The summed E-state index contributed by atoms with van der Waals surface area (Å²) in [5, 5.41) is 3.07. The molecular formula is C23H23NO5S. The molecule has 2 aromatic rings. The summed E-state index contributed by atoms with van der Waals surface area (Å²) in [7, 11) is 6.27. The Labute approximate surface area is 180 Å². The maximum absolute atomic E-state index is 13.4. The van der Waals surface area contributed by atoms with Crippen molar-refractivity contribution in [1.29, 1.82) is 0 Å². The first kappa shape index (κ1) is 20.2. The number of hydrogen-bond acceptors (Lipinski definition) is 7. The topological polar surface area (TPSA) is 57.2 Å². The Morgan fingerprint density at radius 2 is 1.63 bits per heavy atom. The summed E-state index contributed by atoms with van der Waals surface area (Å²) in [5.74, 6) is 2.10. The largest absolute Gasteiger partial charge is 0.497 e. The smallest absolute Gasteiger partial charge is 0.204 e. The van der Waals surface area contributed by atoms with Gasteiger partial charge >= 0.3 is 0 Å². The molecule has 0 saturated carbocycles. The van der Waals surface area contributed by atoms with E-state index in [-0.39, 0.29) is 5.78 Å². The lowest BCUT2D eigenvalue weighted by Crippen LogP contribution is -2.13. The van der Waals surface area contributed by atoms with Crippen LogP contribution in [-0.2, 0) is 0 Å². The third-order valence-electron chi connectivity index (χ3n) is 5.27. The van der Waals surface area contributed by atoms with E-state index in [1.807, 2.05) is 24.3 Å². The molecule has 156 valence electrons. The number of thioether (sulfide) groups is 1. The van der Waals surface area contributed by atoms with Crippen LogP contribution in [0.15, 0.2) is 52.4 Å². The minimum absolute atomic E-state index is 0.0535. The van der Waals surface area contributed by atoms with Gasteiger partial charge in [-0.1, -0.05) is 11.8 Å². The molecule has 0 aromatic heterocycles. The lowest BCUT2D eigenvalue weighted by molar-refractivity contribution is 0.102. The highest BCUT2D eigenvalue weighted by Crippen LogP contribution is 2.48. The highest BCUT2D eigenvalue weighted by Gasteiger charge is 2.35. The van der Waals surface area contributed by atoms with Gasteiger partial charge in [0.2, 0.25) is 5.75 Å². The fourth-order valence-corrected chi connectivity index (χ4v) is 4.91. The molecule has 6 nitrogen and oxygen atoms in total. The number of benzene rings is 2. The van der Waals surface area contributed by atoms with E-state index in [0.29, 0.717) is 29.2 Å². The van der Waals surface area contributed by atoms with Crippen LogP contribution in [0.25, 0.3) is 5.70 Å². The Morgan fingerprint density at radius 1 is 0.900 bits per heavy atom. The van der Waals surface area contributed by atoms with Gasteiger partial charge in [0, 0.05) is 17.5 Å². The summed E-state index contributed by atoms with van der Waals surface area (Å²) in [6, 6.07) is 11.4. The monoisotopic (exact) mass is 425 g/mol. The lowest BCUT2D eigenvalue weighted by atomic mass is 10.0. The van der Waals surface area contributed by atoms with E-state index >= 15 is 0 Å². The van der Waals surface area contributed by atoms with E-state index in [4.69, 9.17) is 18.9 Å². The van der Waals surface area contributed by atoms with E-state index in [1.165, 1.54) is 14.2 Å². The normalized spacial score (nSPS) is 15.1. The first-order valence-corrected chi connectivity index (χ1v) is 10.4. The number of methoxy groups -OCH3 is 4. The quantitative estimate of drug-likeness (QED) is 0.603. The molecule has 2 aliphatic rings. The van der Waals surface area contributed by atoms with Crippen molar-refractivity contribution >= 4 is 23.2 Å². The molecule has 0 N–H and O–H groups in total. The molecule has 0 atom stereocenters. The first-order chi connectivity index (χ1) is 14.6. The van der Waals surface area contributed by atoms with E-state index in [1.54, 1.807) is 38.1 Å². The zero-order chi connectivity index (χ0) is 21.3. The van der Waals surface area contributed by atoms with E-state index < -0.39 is 0 Å². The van der Waals surface area contributed by atoms with Gasteiger partial charge in [-0.05, 0) is 48.4 Å². The zero-order valence-corrected chi connectivity index (χ0v) is 18.2. The van der Waals surface area contributed by atoms with Crippen molar-refractivity contribution in [1.82, 2.24) is 4.90 Å². The molecule has 4 rings (SSSR count). The van der Waals surface area contributed by atoms with Gasteiger partial charge in [0.05, 0.1) is 44.7 Å². The summed E-state index contributed by atoms with van der Waals surface area (Å²) in [6.07, 6.45) is 0.673. The van der Waals surface area contributed by atoms with Crippen LogP contribution in [0.4, 0.5) is 0 Å². The van der Waals surface area contributed by atoms with Crippen LogP contribution in [0.3, 0.4) is 0 Å². The molecule has 0 bridgehead atoms. The third kappa shape index (κ3) is 3.29. The van der Waals surface area contributed by atoms with Crippen molar-refractivity contribution in [2.45, 2.75) is 6.42 Å². The van der Waals surface area contributed by atoms with Crippen LogP contribution in [-0.4, -0.2) is 45.7 Å². The van der Waals surface area contributed by atoms with Gasteiger partial charge in [0.1, 0.15) is 5.75 Å². The Balaban J connectivity index is 1.66. The predicted molar refractivity (Wildman–Crippen MR) is 117 cm³/mol. The Kier molecular flexibility index (Phi) is 5.63. The Hall–Kier alpha value is -3.06. The van der Waals surface area contributed by atoms with Gasteiger partial charge in [0.25, 0.3) is 0 Å². The number of fused-ring (bicyclic) bond motifs is 1. The first-order valence-electron chi connectivity index (χ1n) is 9.48. The maximum atomic E-state index is 13.4. The molecule has 0 amide bonds. The number of rotatable bonds is 7. The molecule has 0 radical (unpaired) electrons. The average molecular weight is 426 g/mol. The summed E-state index contributed by atoms with van der Waals surface area (Å²) >= 11 is 1.58. The third-order valence-corrected chi connectivity index (χ3v) is 6.30. The van der Waals surface area contributed by atoms with Crippen LogP contribution in [0, 0.1) is 0 Å². The van der Waals surface area contributed by atoms with E-state index in [0.717, 1.165) is 34.2 Å². The zero-order valence-electron chi connectivity index (χ0n) is 17.4. The second-order valence-electron chi connectivity index (χ2n) is 6.75. The Bertz CT molecular complexity index is 1040. The number of hydrogen-bond donors (Lipinski definition) is 0. The molecule has 0 unspecified atom stereocenters. The fraction of sp³-hybridized carbons (Fsp3) is 0.261. The average Bonchev–Trinajstić information content (AvgIpc) is 3.39. The second-order valence-corrected chi connectivity index (χ2v) is 7.60. The van der Waals surface area contributed by atoms with Crippen molar-refractivity contribution in [3.8, 4) is 23.0 Å². The molecule has 0 aliphatic carbocycles. The van der Waals surface area contributed by atoms with Crippen molar-refractivity contribution in [2.75, 3.05) is 35.0 Å².